The molecule has 0 aliphatic heterocycles. The monoisotopic (exact) mass is 297 g/mol. The molecule has 2 N–H and O–H groups in total. The number of benzene rings is 2. The summed E-state index contributed by atoms with van der Waals surface area (Å²) in [6, 6.07) is 16.1. The third-order valence-electron chi connectivity index (χ3n) is 3.51. The van der Waals surface area contributed by atoms with E-state index in [0.29, 0.717) is 12.0 Å². The average molecular weight is 297 g/mol. The van der Waals surface area contributed by atoms with E-state index in [1.54, 1.807) is 7.05 Å². The summed E-state index contributed by atoms with van der Waals surface area (Å²) in [5.74, 6) is -0.441. The van der Waals surface area contributed by atoms with Crippen LogP contribution in [-0.4, -0.2) is 32.3 Å². The van der Waals surface area contributed by atoms with E-state index >= 15 is 0 Å². The van der Waals surface area contributed by atoms with Crippen molar-refractivity contribution in [1.29, 1.82) is 0 Å². The quantitative estimate of drug-likeness (QED) is 0.676. The molecule has 0 saturated carbocycles. The number of aldehydes is 1. The molecule has 2 aromatic rings. The molecule has 5 heteroatoms. The molecule has 0 heterocycles. The smallest absolute Gasteiger partial charge is 0.251 e. The maximum atomic E-state index is 12.1. The van der Waals surface area contributed by atoms with Gasteiger partial charge in [-0.3, -0.25) is 4.79 Å². The zero-order chi connectivity index (χ0) is 16.1. The number of rotatable bonds is 5. The lowest BCUT2D eigenvalue weighted by atomic mass is 10.2. The molecule has 1 unspecified atom stereocenters. The fourth-order valence-electron chi connectivity index (χ4n) is 2.22. The lowest BCUT2D eigenvalue weighted by Crippen LogP contribution is -2.43. The predicted octanol–water partition coefficient (Wildman–Crippen LogP) is 1.94. The van der Waals surface area contributed by atoms with Gasteiger partial charge in [0.1, 0.15) is 12.3 Å². The molecule has 1 atom stereocenters. The van der Waals surface area contributed by atoms with Crippen LogP contribution in [0.4, 0.5) is 17.1 Å². The Kier molecular flexibility index (Phi) is 4.91. The summed E-state index contributed by atoms with van der Waals surface area (Å²) >= 11 is 0. The summed E-state index contributed by atoms with van der Waals surface area (Å²) in [4.78, 5) is 26.3. The van der Waals surface area contributed by atoms with E-state index in [9.17, 15) is 9.59 Å². The van der Waals surface area contributed by atoms with Crippen molar-refractivity contribution in [3.63, 3.8) is 0 Å². The Morgan fingerprint density at radius 1 is 1.00 bits per heavy atom. The minimum Gasteiger partial charge on any atom is -0.343 e. The number of anilines is 3. The van der Waals surface area contributed by atoms with Crippen molar-refractivity contribution < 1.29 is 9.59 Å². The van der Waals surface area contributed by atoms with E-state index in [1.165, 1.54) is 4.90 Å². The first-order valence-corrected chi connectivity index (χ1v) is 6.92. The number of hydrogen-bond donors (Lipinski definition) is 1. The summed E-state index contributed by atoms with van der Waals surface area (Å²) in [6.45, 7) is 0. The molecule has 114 valence electrons. The van der Waals surface area contributed by atoms with Gasteiger partial charge in [0.05, 0.1) is 11.4 Å². The highest BCUT2D eigenvalue weighted by Crippen LogP contribution is 2.32. The molecule has 2 rings (SSSR count). The zero-order valence-electron chi connectivity index (χ0n) is 12.6. The van der Waals surface area contributed by atoms with Gasteiger partial charge in [-0.1, -0.05) is 30.3 Å². The van der Waals surface area contributed by atoms with Crippen LogP contribution in [0.5, 0.6) is 0 Å². The van der Waals surface area contributed by atoms with Crippen LogP contribution in [0.25, 0.3) is 0 Å². The summed E-state index contributed by atoms with van der Waals surface area (Å²) in [7, 11) is 3.54. The topological polar surface area (TPSA) is 66.6 Å². The predicted molar refractivity (Wildman–Crippen MR) is 88.4 cm³/mol. The minimum absolute atomic E-state index is 0.441. The van der Waals surface area contributed by atoms with Crippen LogP contribution < -0.4 is 15.5 Å². The van der Waals surface area contributed by atoms with Crippen LogP contribution in [-0.2, 0) is 9.59 Å². The number of nitrogens with two attached hydrogens (primary N) is 1. The van der Waals surface area contributed by atoms with Crippen molar-refractivity contribution in [3.8, 4) is 0 Å². The standard InChI is InChI=1S/C17H19N3O2/c1-19(13-8-4-3-5-9-13)15-10-6-7-11-16(15)20(2)17(22)14(18)12-21/h3-12,14H,18H2,1-2H3. The first-order chi connectivity index (χ1) is 10.6. The Morgan fingerprint density at radius 2 is 1.55 bits per heavy atom. The number of para-hydroxylation sites is 3. The minimum atomic E-state index is -1.15. The van der Waals surface area contributed by atoms with Crippen molar-refractivity contribution in [3.05, 3.63) is 54.6 Å². The third-order valence-corrected chi connectivity index (χ3v) is 3.51. The molecule has 22 heavy (non-hydrogen) atoms. The number of amides is 1. The second kappa shape index (κ2) is 6.87. The van der Waals surface area contributed by atoms with E-state index in [-0.39, 0.29) is 0 Å². The Bertz CT molecular complexity index is 658. The maximum Gasteiger partial charge on any atom is 0.251 e. The third kappa shape index (κ3) is 3.15. The lowest BCUT2D eigenvalue weighted by Gasteiger charge is -2.27. The maximum absolute atomic E-state index is 12.1. The number of hydrogen-bond acceptors (Lipinski definition) is 4. The molecular formula is C17H19N3O2. The molecule has 0 aliphatic rings. The van der Waals surface area contributed by atoms with Crippen LogP contribution in [0.15, 0.2) is 54.6 Å². The molecular weight excluding hydrogens is 278 g/mol. The van der Waals surface area contributed by atoms with Gasteiger partial charge in [-0.25, -0.2) is 0 Å². The molecule has 0 spiro atoms. The number of nitrogens with zero attached hydrogens (tertiary/aromatic N) is 2. The van der Waals surface area contributed by atoms with Gasteiger partial charge in [-0.15, -0.1) is 0 Å². The molecule has 0 bridgehead atoms. The fraction of sp³-hybridized carbons (Fsp3) is 0.176. The van der Waals surface area contributed by atoms with E-state index < -0.39 is 11.9 Å². The van der Waals surface area contributed by atoms with Gasteiger partial charge in [0, 0.05) is 19.8 Å². The van der Waals surface area contributed by atoms with Crippen molar-refractivity contribution >= 4 is 29.3 Å². The highest BCUT2D eigenvalue weighted by Gasteiger charge is 2.21. The second-order valence-electron chi connectivity index (χ2n) is 4.94. The van der Waals surface area contributed by atoms with Crippen molar-refractivity contribution in [1.82, 2.24) is 0 Å². The largest absolute Gasteiger partial charge is 0.343 e. The average Bonchev–Trinajstić information content (AvgIpc) is 2.59. The molecule has 0 radical (unpaired) electrons. The van der Waals surface area contributed by atoms with Gasteiger partial charge in [-0.05, 0) is 24.3 Å². The normalized spacial score (nSPS) is 11.6. The van der Waals surface area contributed by atoms with Crippen molar-refractivity contribution in [2.75, 3.05) is 23.9 Å². The molecule has 2 aromatic carbocycles. The Balaban J connectivity index is 2.39. The molecule has 0 aliphatic carbocycles. The Hall–Kier alpha value is -2.66. The van der Waals surface area contributed by atoms with Crippen LogP contribution >= 0.6 is 0 Å². The lowest BCUT2D eigenvalue weighted by molar-refractivity contribution is -0.123. The van der Waals surface area contributed by atoms with E-state index in [2.05, 4.69) is 0 Å². The number of likely N-dealkylation sites (N-methyl/N-ethyl adjacent to an activating group) is 1. The summed E-state index contributed by atoms with van der Waals surface area (Å²) in [5.41, 5.74) is 8.06. The fourth-order valence-corrected chi connectivity index (χ4v) is 2.22. The first kappa shape index (κ1) is 15.7. The van der Waals surface area contributed by atoms with Gasteiger partial charge in [0.2, 0.25) is 0 Å². The van der Waals surface area contributed by atoms with Crippen LogP contribution in [0.3, 0.4) is 0 Å². The van der Waals surface area contributed by atoms with Crippen LogP contribution in [0.1, 0.15) is 0 Å². The van der Waals surface area contributed by atoms with Gasteiger partial charge in [0.15, 0.2) is 0 Å². The van der Waals surface area contributed by atoms with Crippen LogP contribution in [0, 0.1) is 0 Å². The van der Waals surface area contributed by atoms with E-state index in [0.717, 1.165) is 11.4 Å². The van der Waals surface area contributed by atoms with E-state index in [1.807, 2.05) is 66.5 Å². The first-order valence-electron chi connectivity index (χ1n) is 6.92. The molecule has 0 aromatic heterocycles. The van der Waals surface area contributed by atoms with E-state index in [4.69, 9.17) is 5.73 Å². The highest BCUT2D eigenvalue weighted by atomic mass is 16.2. The molecule has 5 nitrogen and oxygen atoms in total. The van der Waals surface area contributed by atoms with Gasteiger partial charge in [-0.2, -0.15) is 0 Å². The second-order valence-corrected chi connectivity index (χ2v) is 4.94. The molecule has 1 amide bonds. The van der Waals surface area contributed by atoms with Gasteiger partial charge < -0.3 is 20.3 Å². The molecule has 0 fully saturated rings. The summed E-state index contributed by atoms with van der Waals surface area (Å²) in [6.07, 6.45) is 0.447. The Labute approximate surface area is 129 Å². The summed E-state index contributed by atoms with van der Waals surface area (Å²) in [5, 5.41) is 0. The molecule has 0 saturated heterocycles. The Morgan fingerprint density at radius 3 is 2.14 bits per heavy atom. The summed E-state index contributed by atoms with van der Waals surface area (Å²) < 4.78 is 0. The van der Waals surface area contributed by atoms with Gasteiger partial charge in [0.25, 0.3) is 5.91 Å². The van der Waals surface area contributed by atoms with Crippen LogP contribution in [0.2, 0.25) is 0 Å². The number of carbonyl (C=O) groups is 2. The van der Waals surface area contributed by atoms with Crippen molar-refractivity contribution in [2.45, 2.75) is 6.04 Å². The number of carbonyl (C=O) groups excluding carboxylic acids is 2. The zero-order valence-corrected chi connectivity index (χ0v) is 12.6. The SMILES string of the molecule is CN(C(=O)C(N)C=O)c1ccccc1N(C)c1ccccc1. The van der Waals surface area contributed by atoms with Crippen molar-refractivity contribution in [2.24, 2.45) is 5.73 Å². The van der Waals surface area contributed by atoms with Gasteiger partial charge >= 0.3 is 0 Å². The highest BCUT2D eigenvalue weighted by molar-refractivity contribution is 6.07.